The molecule has 0 spiro atoms. The molecule has 2 atom stereocenters. The summed E-state index contributed by atoms with van der Waals surface area (Å²) in [5, 5.41) is 3.19. The van der Waals surface area contributed by atoms with Gasteiger partial charge in [0.15, 0.2) is 9.84 Å². The fraction of sp³-hybridized carbons (Fsp3) is 1.00. The van der Waals surface area contributed by atoms with E-state index in [4.69, 9.17) is 4.74 Å². The van der Waals surface area contributed by atoms with Gasteiger partial charge >= 0.3 is 0 Å². The van der Waals surface area contributed by atoms with E-state index in [2.05, 4.69) is 12.2 Å². The standard InChI is InChI=1S/C12H25NO3S/c1-3-8-13-11-6-4-7-12(11)17(14,15)10-5-9-16-2/h11-13H,3-10H2,1-2H3. The minimum absolute atomic E-state index is 0.169. The molecule has 1 rings (SSSR count). The average Bonchev–Trinajstić information content (AvgIpc) is 2.75. The van der Waals surface area contributed by atoms with Crippen molar-refractivity contribution in [2.75, 3.05) is 26.0 Å². The van der Waals surface area contributed by atoms with Crippen LogP contribution >= 0.6 is 0 Å². The van der Waals surface area contributed by atoms with Gasteiger partial charge in [0.05, 0.1) is 11.0 Å². The minimum Gasteiger partial charge on any atom is -0.385 e. The summed E-state index contributed by atoms with van der Waals surface area (Å²) in [5.41, 5.74) is 0. The molecule has 0 aromatic heterocycles. The van der Waals surface area contributed by atoms with Gasteiger partial charge in [0, 0.05) is 19.8 Å². The molecule has 0 amide bonds. The second kappa shape index (κ2) is 7.34. The number of hydrogen-bond acceptors (Lipinski definition) is 4. The van der Waals surface area contributed by atoms with Crippen molar-refractivity contribution in [3.05, 3.63) is 0 Å². The molecular formula is C12H25NO3S. The highest BCUT2D eigenvalue weighted by Gasteiger charge is 2.36. The van der Waals surface area contributed by atoms with E-state index in [1.165, 1.54) is 0 Å². The smallest absolute Gasteiger partial charge is 0.154 e. The molecule has 1 aliphatic carbocycles. The molecule has 5 heteroatoms. The lowest BCUT2D eigenvalue weighted by Gasteiger charge is -2.21. The first-order valence-electron chi connectivity index (χ1n) is 6.55. The maximum Gasteiger partial charge on any atom is 0.154 e. The van der Waals surface area contributed by atoms with Crippen molar-refractivity contribution in [2.45, 2.75) is 50.3 Å². The van der Waals surface area contributed by atoms with E-state index < -0.39 is 9.84 Å². The summed E-state index contributed by atoms with van der Waals surface area (Å²) in [4.78, 5) is 0. The fourth-order valence-electron chi connectivity index (χ4n) is 2.47. The lowest BCUT2D eigenvalue weighted by Crippen LogP contribution is -2.41. The Balaban J connectivity index is 2.50. The van der Waals surface area contributed by atoms with Crippen LogP contribution in [-0.2, 0) is 14.6 Å². The van der Waals surface area contributed by atoms with Gasteiger partial charge in [-0.2, -0.15) is 0 Å². The highest BCUT2D eigenvalue weighted by atomic mass is 32.2. The highest BCUT2D eigenvalue weighted by Crippen LogP contribution is 2.26. The van der Waals surface area contributed by atoms with Crippen molar-refractivity contribution >= 4 is 9.84 Å². The largest absolute Gasteiger partial charge is 0.385 e. The lowest BCUT2D eigenvalue weighted by molar-refractivity contribution is 0.199. The molecule has 2 unspecified atom stereocenters. The Morgan fingerprint density at radius 3 is 2.76 bits per heavy atom. The van der Waals surface area contributed by atoms with Gasteiger partial charge in [0.1, 0.15) is 0 Å². The zero-order valence-electron chi connectivity index (χ0n) is 10.9. The van der Waals surface area contributed by atoms with E-state index >= 15 is 0 Å². The SMILES string of the molecule is CCCNC1CCCC1S(=O)(=O)CCCOC. The van der Waals surface area contributed by atoms with Gasteiger partial charge < -0.3 is 10.1 Å². The maximum atomic E-state index is 12.2. The van der Waals surface area contributed by atoms with Crippen LogP contribution in [0.4, 0.5) is 0 Å². The van der Waals surface area contributed by atoms with Gasteiger partial charge in [-0.3, -0.25) is 0 Å². The van der Waals surface area contributed by atoms with E-state index in [1.807, 2.05) is 0 Å². The lowest BCUT2D eigenvalue weighted by atomic mass is 10.2. The first kappa shape index (κ1) is 14.9. The number of nitrogens with one attached hydrogen (secondary N) is 1. The van der Waals surface area contributed by atoms with Crippen LogP contribution in [0.3, 0.4) is 0 Å². The van der Waals surface area contributed by atoms with Crippen molar-refractivity contribution in [1.29, 1.82) is 0 Å². The summed E-state index contributed by atoms with van der Waals surface area (Å²) >= 11 is 0. The second-order valence-corrected chi connectivity index (χ2v) is 7.08. The zero-order valence-corrected chi connectivity index (χ0v) is 11.8. The van der Waals surface area contributed by atoms with Crippen LogP contribution in [0, 0.1) is 0 Å². The summed E-state index contributed by atoms with van der Waals surface area (Å²) < 4.78 is 29.3. The fourth-order valence-corrected chi connectivity index (χ4v) is 4.56. The molecule has 1 aliphatic rings. The highest BCUT2D eigenvalue weighted by molar-refractivity contribution is 7.92. The number of rotatable bonds is 8. The molecule has 17 heavy (non-hydrogen) atoms. The summed E-state index contributed by atoms with van der Waals surface area (Å²) in [6.45, 7) is 3.54. The van der Waals surface area contributed by atoms with Gasteiger partial charge in [-0.25, -0.2) is 8.42 Å². The van der Waals surface area contributed by atoms with Crippen LogP contribution in [0.15, 0.2) is 0 Å². The van der Waals surface area contributed by atoms with Crippen LogP contribution in [0.2, 0.25) is 0 Å². The summed E-state index contributed by atoms with van der Waals surface area (Å²) in [6, 6.07) is 0.169. The Morgan fingerprint density at radius 1 is 1.35 bits per heavy atom. The number of hydrogen-bond donors (Lipinski definition) is 1. The van der Waals surface area contributed by atoms with Gasteiger partial charge in [0.2, 0.25) is 0 Å². The zero-order chi connectivity index (χ0) is 12.7. The van der Waals surface area contributed by atoms with Crippen LogP contribution in [0.1, 0.15) is 39.0 Å². The Hall–Kier alpha value is -0.130. The van der Waals surface area contributed by atoms with Crippen LogP contribution < -0.4 is 5.32 Å². The van der Waals surface area contributed by atoms with Gasteiger partial charge in [-0.05, 0) is 32.2 Å². The summed E-state index contributed by atoms with van der Waals surface area (Å²) in [6.07, 6.45) is 4.49. The van der Waals surface area contributed by atoms with Crippen LogP contribution in [0.5, 0.6) is 0 Å². The van der Waals surface area contributed by atoms with E-state index in [0.717, 1.165) is 32.2 Å². The molecule has 1 saturated carbocycles. The third kappa shape index (κ3) is 4.56. The Labute approximate surface area is 105 Å². The van der Waals surface area contributed by atoms with Crippen molar-refractivity contribution in [2.24, 2.45) is 0 Å². The first-order chi connectivity index (χ1) is 8.11. The van der Waals surface area contributed by atoms with Gasteiger partial charge in [0.25, 0.3) is 0 Å². The average molecular weight is 263 g/mol. The molecule has 0 heterocycles. The molecule has 1 N–H and O–H groups in total. The normalized spacial score (nSPS) is 25.3. The predicted molar refractivity (Wildman–Crippen MR) is 70.0 cm³/mol. The Bertz CT molecular complexity index is 303. The minimum atomic E-state index is -2.95. The van der Waals surface area contributed by atoms with Crippen molar-refractivity contribution in [3.63, 3.8) is 0 Å². The molecule has 0 aromatic rings. The summed E-state index contributed by atoms with van der Waals surface area (Å²) in [7, 11) is -1.35. The van der Waals surface area contributed by atoms with E-state index in [-0.39, 0.29) is 17.0 Å². The number of methoxy groups -OCH3 is 1. The maximum absolute atomic E-state index is 12.2. The second-order valence-electron chi connectivity index (χ2n) is 4.74. The van der Waals surface area contributed by atoms with Gasteiger partial charge in [-0.1, -0.05) is 13.3 Å². The Morgan fingerprint density at radius 2 is 2.12 bits per heavy atom. The van der Waals surface area contributed by atoms with E-state index in [9.17, 15) is 8.42 Å². The Kier molecular flexibility index (Phi) is 6.44. The van der Waals surface area contributed by atoms with Crippen LogP contribution in [-0.4, -0.2) is 45.7 Å². The van der Waals surface area contributed by atoms with Crippen molar-refractivity contribution in [1.82, 2.24) is 5.32 Å². The summed E-state index contributed by atoms with van der Waals surface area (Å²) in [5.74, 6) is 0.260. The van der Waals surface area contributed by atoms with Crippen molar-refractivity contribution in [3.8, 4) is 0 Å². The molecule has 102 valence electrons. The quantitative estimate of drug-likeness (QED) is 0.672. The number of sulfone groups is 1. The van der Waals surface area contributed by atoms with E-state index in [1.54, 1.807) is 7.11 Å². The van der Waals surface area contributed by atoms with Gasteiger partial charge in [-0.15, -0.1) is 0 Å². The molecule has 4 nitrogen and oxygen atoms in total. The first-order valence-corrected chi connectivity index (χ1v) is 8.27. The third-order valence-corrected chi connectivity index (χ3v) is 5.69. The molecule has 0 bridgehead atoms. The topological polar surface area (TPSA) is 55.4 Å². The molecule has 0 saturated heterocycles. The molecule has 0 radical (unpaired) electrons. The molecule has 1 fully saturated rings. The molecule has 0 aromatic carbocycles. The predicted octanol–water partition coefficient (Wildman–Crippen LogP) is 1.36. The van der Waals surface area contributed by atoms with Crippen molar-refractivity contribution < 1.29 is 13.2 Å². The monoisotopic (exact) mass is 263 g/mol. The number of ether oxygens (including phenoxy) is 1. The van der Waals surface area contributed by atoms with E-state index in [0.29, 0.717) is 13.0 Å². The van der Waals surface area contributed by atoms with Crippen LogP contribution in [0.25, 0.3) is 0 Å². The molecule has 0 aliphatic heterocycles. The molecular weight excluding hydrogens is 238 g/mol. The third-order valence-electron chi connectivity index (χ3n) is 3.35.